The molecule has 0 unspecified atom stereocenters. The lowest BCUT2D eigenvalue weighted by Gasteiger charge is -2.28. The van der Waals surface area contributed by atoms with Gasteiger partial charge in [0.1, 0.15) is 0 Å². The van der Waals surface area contributed by atoms with Crippen LogP contribution in [0.1, 0.15) is 49.9 Å². The van der Waals surface area contributed by atoms with Gasteiger partial charge < -0.3 is 4.90 Å². The standard InChI is InChI=1S/C58H43NS/c1-57(2)48-20-12-10-18-44(48)45-30-28-42(33-50(45)57)59(41-26-24-38(25-27-41)36-14-6-5-7-15-36)43-29-31-47-52(34-43)60-53-35-51-55(46-19-11-13-21-49(46)58(51,3)4)54(56(47)53)40-23-22-37-16-8-9-17-39(37)32-40/h5-35H,1-4H3. The second-order valence-corrected chi connectivity index (χ2v) is 18.8. The summed E-state index contributed by atoms with van der Waals surface area (Å²) in [5.41, 5.74) is 19.3. The quantitative estimate of drug-likeness (QED) is 0.168. The summed E-state index contributed by atoms with van der Waals surface area (Å²) in [6.45, 7) is 9.54. The molecule has 0 radical (unpaired) electrons. The monoisotopic (exact) mass is 785 g/mol. The molecule has 1 aromatic heterocycles. The lowest BCUT2D eigenvalue weighted by Crippen LogP contribution is -2.16. The molecule has 0 fully saturated rings. The Hall–Kier alpha value is -6.74. The molecule has 10 aromatic rings. The molecule has 60 heavy (non-hydrogen) atoms. The Kier molecular flexibility index (Phi) is 7.56. The van der Waals surface area contributed by atoms with Crippen LogP contribution in [0.5, 0.6) is 0 Å². The molecule has 0 aliphatic heterocycles. The van der Waals surface area contributed by atoms with Gasteiger partial charge in [0.25, 0.3) is 0 Å². The minimum atomic E-state index is -0.114. The van der Waals surface area contributed by atoms with Crippen molar-refractivity contribution < 1.29 is 0 Å². The molecule has 0 atom stereocenters. The zero-order valence-corrected chi connectivity index (χ0v) is 35.1. The number of anilines is 3. The minimum absolute atomic E-state index is 0.105. The molecular weight excluding hydrogens is 743 g/mol. The fourth-order valence-corrected chi connectivity index (χ4v) is 11.8. The van der Waals surface area contributed by atoms with E-state index < -0.39 is 0 Å². The van der Waals surface area contributed by atoms with Crippen molar-refractivity contribution in [2.24, 2.45) is 0 Å². The smallest absolute Gasteiger partial charge is 0.0476 e. The Morgan fingerprint density at radius 3 is 1.75 bits per heavy atom. The maximum Gasteiger partial charge on any atom is 0.0476 e. The molecule has 286 valence electrons. The van der Waals surface area contributed by atoms with Crippen LogP contribution < -0.4 is 4.90 Å². The van der Waals surface area contributed by atoms with Crippen LogP contribution in [-0.4, -0.2) is 0 Å². The molecule has 1 nitrogen and oxygen atoms in total. The first-order valence-electron chi connectivity index (χ1n) is 21.1. The summed E-state index contributed by atoms with van der Waals surface area (Å²) in [5, 5.41) is 5.18. The fraction of sp³-hybridized carbons (Fsp3) is 0.103. The lowest BCUT2D eigenvalue weighted by atomic mass is 9.81. The molecule has 0 saturated heterocycles. The van der Waals surface area contributed by atoms with Crippen molar-refractivity contribution in [1.29, 1.82) is 0 Å². The highest BCUT2D eigenvalue weighted by atomic mass is 32.1. The largest absolute Gasteiger partial charge is 0.310 e. The highest BCUT2D eigenvalue weighted by Crippen LogP contribution is 2.57. The Balaban J connectivity index is 1.08. The van der Waals surface area contributed by atoms with Crippen LogP contribution in [-0.2, 0) is 10.8 Å². The van der Waals surface area contributed by atoms with Crippen molar-refractivity contribution in [2.75, 3.05) is 4.90 Å². The van der Waals surface area contributed by atoms with Crippen molar-refractivity contribution in [1.82, 2.24) is 0 Å². The third-order valence-electron chi connectivity index (χ3n) is 13.6. The predicted molar refractivity (Wildman–Crippen MR) is 258 cm³/mol. The summed E-state index contributed by atoms with van der Waals surface area (Å²) < 4.78 is 2.62. The summed E-state index contributed by atoms with van der Waals surface area (Å²) >= 11 is 1.93. The molecule has 0 amide bonds. The van der Waals surface area contributed by atoms with E-state index in [9.17, 15) is 0 Å². The third-order valence-corrected chi connectivity index (χ3v) is 14.7. The summed E-state index contributed by atoms with van der Waals surface area (Å²) in [5.74, 6) is 0. The Labute approximate surface area is 355 Å². The van der Waals surface area contributed by atoms with Crippen molar-refractivity contribution in [3.63, 3.8) is 0 Å². The predicted octanol–water partition coefficient (Wildman–Crippen LogP) is 16.6. The molecule has 2 aliphatic rings. The summed E-state index contributed by atoms with van der Waals surface area (Å²) in [6.07, 6.45) is 0. The van der Waals surface area contributed by atoms with E-state index >= 15 is 0 Å². The number of fused-ring (bicyclic) bond motifs is 10. The van der Waals surface area contributed by atoms with Gasteiger partial charge in [-0.05, 0) is 126 Å². The van der Waals surface area contributed by atoms with Crippen molar-refractivity contribution in [3.05, 3.63) is 210 Å². The SMILES string of the molecule is CC1(C)c2ccccc2-c2ccc(N(c3ccc(-c4ccccc4)cc3)c3ccc4c(c3)sc3cc5c(c(-c6ccc7ccccc7c6)c34)-c3ccccc3C5(C)C)cc21. The highest BCUT2D eigenvalue weighted by Gasteiger charge is 2.39. The van der Waals surface area contributed by atoms with Gasteiger partial charge in [0.2, 0.25) is 0 Å². The molecule has 2 heteroatoms. The van der Waals surface area contributed by atoms with Crippen LogP contribution in [0.25, 0.3) is 75.5 Å². The van der Waals surface area contributed by atoms with Gasteiger partial charge in [0, 0.05) is 48.1 Å². The van der Waals surface area contributed by atoms with Gasteiger partial charge >= 0.3 is 0 Å². The van der Waals surface area contributed by atoms with Gasteiger partial charge in [-0.2, -0.15) is 0 Å². The van der Waals surface area contributed by atoms with Crippen molar-refractivity contribution in [3.8, 4) is 44.5 Å². The van der Waals surface area contributed by atoms with Crippen LogP contribution >= 0.6 is 11.3 Å². The second-order valence-electron chi connectivity index (χ2n) is 17.7. The number of benzene rings is 9. The molecule has 2 aliphatic carbocycles. The number of hydrogen-bond donors (Lipinski definition) is 0. The zero-order chi connectivity index (χ0) is 40.3. The van der Waals surface area contributed by atoms with E-state index in [0.29, 0.717) is 0 Å². The van der Waals surface area contributed by atoms with E-state index in [1.807, 2.05) is 11.3 Å². The van der Waals surface area contributed by atoms with Gasteiger partial charge in [0.15, 0.2) is 0 Å². The molecule has 0 spiro atoms. The first kappa shape index (κ1) is 35.2. The maximum absolute atomic E-state index is 2.51. The van der Waals surface area contributed by atoms with Gasteiger partial charge in [-0.15, -0.1) is 11.3 Å². The minimum Gasteiger partial charge on any atom is -0.310 e. The average molecular weight is 786 g/mol. The normalized spacial score (nSPS) is 14.3. The van der Waals surface area contributed by atoms with Crippen LogP contribution in [0.4, 0.5) is 17.1 Å². The number of hydrogen-bond acceptors (Lipinski definition) is 2. The van der Waals surface area contributed by atoms with Crippen LogP contribution in [0.2, 0.25) is 0 Å². The first-order valence-corrected chi connectivity index (χ1v) is 21.9. The molecule has 9 aromatic carbocycles. The number of rotatable bonds is 5. The number of thiophene rings is 1. The topological polar surface area (TPSA) is 3.24 Å². The van der Waals surface area contributed by atoms with Gasteiger partial charge in [0.05, 0.1) is 0 Å². The molecule has 0 saturated carbocycles. The van der Waals surface area contributed by atoms with Crippen molar-refractivity contribution in [2.45, 2.75) is 38.5 Å². The molecule has 0 N–H and O–H groups in total. The highest BCUT2D eigenvalue weighted by molar-refractivity contribution is 7.26. The van der Waals surface area contributed by atoms with Gasteiger partial charge in [-0.1, -0.05) is 167 Å². The third kappa shape index (κ3) is 5.11. The summed E-state index contributed by atoms with van der Waals surface area (Å²) in [7, 11) is 0. The van der Waals surface area contributed by atoms with Crippen LogP contribution in [0.3, 0.4) is 0 Å². The van der Waals surface area contributed by atoms with E-state index in [0.717, 1.165) is 17.1 Å². The summed E-state index contributed by atoms with van der Waals surface area (Å²) in [4.78, 5) is 2.46. The van der Waals surface area contributed by atoms with E-state index in [2.05, 4.69) is 221 Å². The Morgan fingerprint density at radius 2 is 0.950 bits per heavy atom. The van der Waals surface area contributed by atoms with E-state index in [4.69, 9.17) is 0 Å². The van der Waals surface area contributed by atoms with Crippen LogP contribution in [0.15, 0.2) is 188 Å². The van der Waals surface area contributed by atoms with Crippen molar-refractivity contribution >= 4 is 59.3 Å². The van der Waals surface area contributed by atoms with Crippen LogP contribution in [0, 0.1) is 0 Å². The van der Waals surface area contributed by atoms with E-state index in [1.165, 1.54) is 97.7 Å². The first-order chi connectivity index (χ1) is 29.3. The Morgan fingerprint density at radius 1 is 0.367 bits per heavy atom. The maximum atomic E-state index is 2.51. The molecular formula is C58H43NS. The average Bonchev–Trinajstić information content (AvgIpc) is 3.85. The van der Waals surface area contributed by atoms with E-state index in [1.54, 1.807) is 0 Å². The molecule has 0 bridgehead atoms. The fourth-order valence-electron chi connectivity index (χ4n) is 10.6. The zero-order valence-electron chi connectivity index (χ0n) is 34.3. The molecule has 1 heterocycles. The van der Waals surface area contributed by atoms with Gasteiger partial charge in [-0.25, -0.2) is 0 Å². The van der Waals surface area contributed by atoms with E-state index in [-0.39, 0.29) is 10.8 Å². The summed E-state index contributed by atoms with van der Waals surface area (Å²) in [6, 6.07) is 70.3. The lowest BCUT2D eigenvalue weighted by molar-refractivity contribution is 0.660. The second kappa shape index (κ2) is 12.9. The Bertz CT molecular complexity index is 3370. The number of nitrogens with zero attached hydrogens (tertiary/aromatic N) is 1. The van der Waals surface area contributed by atoms with Gasteiger partial charge in [-0.3, -0.25) is 0 Å². The molecule has 12 rings (SSSR count).